The summed E-state index contributed by atoms with van der Waals surface area (Å²) < 4.78 is 109. The summed E-state index contributed by atoms with van der Waals surface area (Å²) in [6.07, 6.45) is -10.7. The number of carbonyl (C=O) groups excluding carboxylic acids is 1. The molecular weight excluding hydrogens is 567 g/mol. The number of carboxylic acids is 1. The first-order chi connectivity index (χ1) is 15.8. The number of halogens is 6. The number of ether oxygens (including phenoxy) is 1. The summed E-state index contributed by atoms with van der Waals surface area (Å²) in [7, 11) is -13.7. The van der Waals surface area contributed by atoms with Crippen LogP contribution in [0.3, 0.4) is 0 Å². The van der Waals surface area contributed by atoms with Crippen LogP contribution >= 0.6 is 0 Å². The van der Waals surface area contributed by atoms with Crippen molar-refractivity contribution in [3.8, 4) is 0 Å². The van der Waals surface area contributed by atoms with Crippen molar-refractivity contribution in [1.82, 2.24) is 0 Å². The zero-order valence-corrected chi connectivity index (χ0v) is 25.9. The Kier molecular flexibility index (Phi) is 11.9. The molecule has 0 fully saturated rings. The second-order valence-electron chi connectivity index (χ2n) is 11.0. The van der Waals surface area contributed by atoms with Crippen molar-refractivity contribution < 1.29 is 58.1 Å². The van der Waals surface area contributed by atoms with Gasteiger partial charge in [-0.2, -0.15) is 13.2 Å². The van der Waals surface area contributed by atoms with E-state index in [2.05, 4.69) is 0 Å². The number of esters is 1. The fourth-order valence-corrected chi connectivity index (χ4v) is 18.0. The Balaban J connectivity index is 7.04. The van der Waals surface area contributed by atoms with Crippen molar-refractivity contribution >= 4 is 45.7 Å². The zero-order valence-electron chi connectivity index (χ0n) is 21.9. The van der Waals surface area contributed by atoms with Gasteiger partial charge < -0.3 is 22.2 Å². The SMILES string of the molecule is C[Si](C)(C)O[Si](O[Si](C)(C)C)(O[Si](C)(C)C)C(CCOC(=O)C=CC(=O)O)C(F)(C(F)F)C(F)(F)F. The molecule has 0 aromatic rings. The summed E-state index contributed by atoms with van der Waals surface area (Å²) in [5.41, 5.74) is -7.78. The molecule has 0 aliphatic carbocycles. The maximum Gasteiger partial charge on any atom is 0.476 e. The molecule has 36 heavy (non-hydrogen) atoms. The van der Waals surface area contributed by atoms with Gasteiger partial charge in [-0.15, -0.1) is 0 Å². The van der Waals surface area contributed by atoms with Crippen LogP contribution in [0.5, 0.6) is 0 Å². The Hall–Kier alpha value is -0.992. The molecule has 2 atom stereocenters. The normalized spacial score (nSPS) is 16.8. The van der Waals surface area contributed by atoms with Crippen LogP contribution in [0.2, 0.25) is 64.5 Å². The highest BCUT2D eigenvalue weighted by Gasteiger charge is 2.75. The molecule has 0 radical (unpaired) electrons. The molecular formula is C19H36F6O7Si4. The number of rotatable bonds is 14. The van der Waals surface area contributed by atoms with E-state index in [0.717, 1.165) is 0 Å². The lowest BCUT2D eigenvalue weighted by atomic mass is 9.99. The van der Waals surface area contributed by atoms with Gasteiger partial charge in [0.1, 0.15) is 0 Å². The Bertz CT molecular complexity index is 750. The van der Waals surface area contributed by atoms with E-state index >= 15 is 4.39 Å². The van der Waals surface area contributed by atoms with Crippen molar-refractivity contribution in [3.05, 3.63) is 12.2 Å². The lowest BCUT2D eigenvalue weighted by Crippen LogP contribution is -2.69. The van der Waals surface area contributed by atoms with E-state index in [1.807, 2.05) is 0 Å². The number of aliphatic carboxylic acids is 1. The van der Waals surface area contributed by atoms with Crippen molar-refractivity contribution in [3.63, 3.8) is 0 Å². The molecule has 0 amide bonds. The highest BCUT2D eigenvalue weighted by atomic mass is 28.5. The summed E-state index contributed by atoms with van der Waals surface area (Å²) >= 11 is 0. The van der Waals surface area contributed by atoms with Gasteiger partial charge in [-0.1, -0.05) is 0 Å². The molecule has 0 rings (SSSR count). The summed E-state index contributed by atoms with van der Waals surface area (Å²) in [5.74, 6) is -2.76. The Morgan fingerprint density at radius 2 is 1.19 bits per heavy atom. The molecule has 7 nitrogen and oxygen atoms in total. The van der Waals surface area contributed by atoms with Crippen molar-refractivity contribution in [2.45, 2.75) is 89.2 Å². The largest absolute Gasteiger partial charge is 0.478 e. The van der Waals surface area contributed by atoms with Crippen LogP contribution in [0.1, 0.15) is 6.42 Å². The standard InChI is InChI=1S/C19H36F6O7Si4/c1-33(2,3)30-36(31-34(4,5)6,32-35(7,8)9)14(18(22,17(20)21)19(23,24)25)12-13-29-16(28)11-10-15(26)27/h10-11,14,17H,12-13H2,1-9H3,(H,26,27). The van der Waals surface area contributed by atoms with Crippen molar-refractivity contribution in [2.75, 3.05) is 6.61 Å². The van der Waals surface area contributed by atoms with E-state index in [4.69, 9.17) is 22.2 Å². The first kappa shape index (κ1) is 35.0. The molecule has 0 saturated heterocycles. The van der Waals surface area contributed by atoms with Gasteiger partial charge in [-0.05, 0) is 65.3 Å². The zero-order chi connectivity index (χ0) is 29.0. The van der Waals surface area contributed by atoms with E-state index < -0.39 is 82.5 Å². The van der Waals surface area contributed by atoms with E-state index in [-0.39, 0.29) is 0 Å². The molecule has 0 aromatic heterocycles. The quantitative estimate of drug-likeness (QED) is 0.114. The lowest BCUT2D eigenvalue weighted by molar-refractivity contribution is -0.273. The van der Waals surface area contributed by atoms with Gasteiger partial charge in [0.05, 0.1) is 12.1 Å². The minimum atomic E-state index is -6.05. The first-order valence-corrected chi connectivity index (χ1v) is 23.0. The van der Waals surface area contributed by atoms with Gasteiger partial charge in [0.15, 0.2) is 25.0 Å². The van der Waals surface area contributed by atoms with Gasteiger partial charge in [0.25, 0.3) is 12.1 Å². The van der Waals surface area contributed by atoms with Crippen LogP contribution in [0.4, 0.5) is 26.3 Å². The number of alkyl halides is 6. The van der Waals surface area contributed by atoms with Gasteiger partial charge in [0, 0.05) is 12.2 Å². The Morgan fingerprint density at radius 1 is 0.806 bits per heavy atom. The van der Waals surface area contributed by atoms with Crippen LogP contribution in [0.25, 0.3) is 0 Å². The summed E-state index contributed by atoms with van der Waals surface area (Å²) in [4.78, 5) is 22.3. The van der Waals surface area contributed by atoms with E-state index in [9.17, 15) is 31.5 Å². The molecule has 0 aliphatic heterocycles. The third kappa shape index (κ3) is 11.2. The molecule has 212 valence electrons. The highest BCUT2D eigenvalue weighted by Crippen LogP contribution is 2.54. The lowest BCUT2D eigenvalue weighted by Gasteiger charge is -2.49. The molecule has 0 heterocycles. The van der Waals surface area contributed by atoms with E-state index in [0.29, 0.717) is 12.2 Å². The fourth-order valence-electron chi connectivity index (χ4n) is 3.14. The van der Waals surface area contributed by atoms with Gasteiger partial charge in [0.2, 0.25) is 0 Å². The number of hydrogen-bond donors (Lipinski definition) is 1. The van der Waals surface area contributed by atoms with Crippen LogP contribution < -0.4 is 0 Å². The number of hydrogen-bond acceptors (Lipinski definition) is 6. The van der Waals surface area contributed by atoms with Crippen LogP contribution in [0.15, 0.2) is 12.2 Å². The minimum absolute atomic E-state index is 0.421. The average Bonchev–Trinajstić information content (AvgIpc) is 2.57. The molecule has 17 heteroatoms. The third-order valence-electron chi connectivity index (χ3n) is 4.04. The molecule has 0 aliphatic rings. The predicted molar refractivity (Wildman–Crippen MR) is 131 cm³/mol. The molecule has 1 N–H and O–H groups in total. The fraction of sp³-hybridized carbons (Fsp3) is 0.789. The van der Waals surface area contributed by atoms with Crippen molar-refractivity contribution in [2.24, 2.45) is 0 Å². The van der Waals surface area contributed by atoms with E-state index in [1.54, 1.807) is 58.9 Å². The summed E-state index contributed by atoms with van der Waals surface area (Å²) in [6, 6.07) is 0. The summed E-state index contributed by atoms with van der Waals surface area (Å²) in [6.45, 7) is 13.3. The monoisotopic (exact) mass is 602 g/mol. The van der Waals surface area contributed by atoms with Gasteiger partial charge in [-0.25, -0.2) is 22.8 Å². The molecule has 0 saturated carbocycles. The predicted octanol–water partition coefficient (Wildman–Crippen LogP) is 5.96. The van der Waals surface area contributed by atoms with Crippen LogP contribution in [0, 0.1) is 0 Å². The van der Waals surface area contributed by atoms with E-state index in [1.165, 1.54) is 0 Å². The molecule has 0 bridgehead atoms. The second kappa shape index (κ2) is 12.2. The highest BCUT2D eigenvalue weighted by molar-refractivity contribution is 6.90. The van der Waals surface area contributed by atoms with Gasteiger partial charge in [-0.3, -0.25) is 0 Å². The molecule has 2 unspecified atom stereocenters. The summed E-state index contributed by atoms with van der Waals surface area (Å²) in [5, 5.41) is 8.58. The van der Waals surface area contributed by atoms with Crippen LogP contribution in [-0.4, -0.2) is 75.7 Å². The second-order valence-corrected chi connectivity index (χ2v) is 28.0. The van der Waals surface area contributed by atoms with Gasteiger partial charge >= 0.3 is 26.9 Å². The molecule has 0 aromatic carbocycles. The average molecular weight is 603 g/mol. The smallest absolute Gasteiger partial charge is 0.476 e. The topological polar surface area (TPSA) is 91.3 Å². The first-order valence-electron chi connectivity index (χ1n) is 11.0. The van der Waals surface area contributed by atoms with Crippen LogP contribution in [-0.2, 0) is 26.7 Å². The Morgan fingerprint density at radius 3 is 1.47 bits per heavy atom. The number of carboxylic acid groups (broad SMARTS) is 1. The Labute approximate surface area is 211 Å². The maximum atomic E-state index is 15.8. The third-order valence-corrected chi connectivity index (χ3v) is 16.4. The number of carbonyl (C=O) groups is 2. The maximum absolute atomic E-state index is 15.8. The minimum Gasteiger partial charge on any atom is -0.478 e. The molecule has 0 spiro atoms. The van der Waals surface area contributed by atoms with Crippen molar-refractivity contribution in [1.29, 1.82) is 0 Å².